The van der Waals surface area contributed by atoms with Crippen molar-refractivity contribution in [1.29, 1.82) is 0 Å². The Kier molecular flexibility index (Phi) is 7.54. The highest BCUT2D eigenvalue weighted by molar-refractivity contribution is 5.96. The van der Waals surface area contributed by atoms with Gasteiger partial charge in [-0.3, -0.25) is 19.5 Å². The number of pyridine rings is 1. The summed E-state index contributed by atoms with van der Waals surface area (Å²) < 4.78 is 0. The van der Waals surface area contributed by atoms with E-state index in [1.54, 1.807) is 18.1 Å². The summed E-state index contributed by atoms with van der Waals surface area (Å²) in [6.07, 6.45) is 3.57. The summed E-state index contributed by atoms with van der Waals surface area (Å²) >= 11 is 0. The first kappa shape index (κ1) is 23.4. The van der Waals surface area contributed by atoms with E-state index >= 15 is 0 Å². The third kappa shape index (κ3) is 5.61. The van der Waals surface area contributed by atoms with Crippen LogP contribution >= 0.6 is 0 Å². The molecule has 1 aliphatic heterocycles. The van der Waals surface area contributed by atoms with Gasteiger partial charge >= 0.3 is 0 Å². The predicted octanol–water partition coefficient (Wildman–Crippen LogP) is 3.07. The van der Waals surface area contributed by atoms with Crippen molar-refractivity contribution in [2.45, 2.75) is 26.1 Å². The fourth-order valence-electron chi connectivity index (χ4n) is 4.26. The Morgan fingerprint density at radius 3 is 2.56 bits per heavy atom. The number of hydrogen-bond acceptors (Lipinski definition) is 5. The van der Waals surface area contributed by atoms with Gasteiger partial charge in [-0.25, -0.2) is 0 Å². The van der Waals surface area contributed by atoms with Crippen molar-refractivity contribution >= 4 is 17.5 Å². The summed E-state index contributed by atoms with van der Waals surface area (Å²) in [5, 5.41) is 6.18. The molecular formula is C27H31N5O2. The predicted molar refractivity (Wildman–Crippen MR) is 133 cm³/mol. The number of carbonyl (C=O) groups is 2. The van der Waals surface area contributed by atoms with Crippen molar-refractivity contribution < 1.29 is 9.59 Å². The second kappa shape index (κ2) is 10.9. The lowest BCUT2D eigenvalue weighted by atomic mass is 10.1. The molecule has 2 amide bonds. The topological polar surface area (TPSA) is 77.6 Å². The molecule has 2 aromatic carbocycles. The summed E-state index contributed by atoms with van der Waals surface area (Å²) in [5.41, 5.74) is 4.82. The van der Waals surface area contributed by atoms with Crippen LogP contribution in [0.4, 0.5) is 5.69 Å². The van der Waals surface area contributed by atoms with Gasteiger partial charge in [-0.2, -0.15) is 0 Å². The fraction of sp³-hybridized carbons (Fsp3) is 0.296. The molecule has 1 aromatic heterocycles. The number of likely N-dealkylation sites (N-methyl/N-ethyl adjacent to an activating group) is 1. The number of aryl methyl sites for hydroxylation is 1. The second-order valence-electron chi connectivity index (χ2n) is 8.58. The zero-order valence-electron chi connectivity index (χ0n) is 19.7. The van der Waals surface area contributed by atoms with E-state index in [1.807, 2.05) is 61.7 Å². The van der Waals surface area contributed by atoms with E-state index < -0.39 is 6.04 Å². The number of rotatable bonds is 7. The van der Waals surface area contributed by atoms with Gasteiger partial charge in [-0.05, 0) is 41.8 Å². The standard InChI is InChI=1S/C27H31N5O2/c1-20-10-11-23(15-24(20)30-17-22-9-6-12-29-16-22)27(34)32-14-13-31(25(19-32)26(33)28-2)18-21-7-4-3-5-8-21/h3-12,15-16,25,30H,13-14,17-19H2,1-2H3,(H,28,33). The lowest BCUT2D eigenvalue weighted by molar-refractivity contribution is -0.128. The van der Waals surface area contributed by atoms with Crippen LogP contribution in [0.2, 0.25) is 0 Å². The Bertz CT molecular complexity index is 1120. The van der Waals surface area contributed by atoms with Crippen LogP contribution in [-0.4, -0.2) is 59.3 Å². The summed E-state index contributed by atoms with van der Waals surface area (Å²) in [4.78, 5) is 34.2. The highest BCUT2D eigenvalue weighted by Gasteiger charge is 2.34. The number of benzene rings is 2. The Hall–Kier alpha value is -3.71. The average Bonchev–Trinajstić information content (AvgIpc) is 2.89. The van der Waals surface area contributed by atoms with E-state index in [1.165, 1.54) is 0 Å². The quantitative estimate of drug-likeness (QED) is 0.570. The van der Waals surface area contributed by atoms with Crippen LogP contribution in [0.3, 0.4) is 0 Å². The Balaban J connectivity index is 1.46. The normalized spacial score (nSPS) is 16.2. The molecule has 0 saturated carbocycles. The maximum Gasteiger partial charge on any atom is 0.254 e. The number of nitrogens with zero attached hydrogens (tertiary/aromatic N) is 3. The molecule has 1 atom stereocenters. The SMILES string of the molecule is CNC(=O)C1CN(C(=O)c2ccc(C)c(NCc3cccnc3)c2)CCN1Cc1ccccc1. The molecule has 1 fully saturated rings. The van der Waals surface area contributed by atoms with E-state index in [4.69, 9.17) is 0 Å². The molecule has 7 heteroatoms. The van der Waals surface area contributed by atoms with Crippen LogP contribution < -0.4 is 10.6 Å². The van der Waals surface area contributed by atoms with Crippen LogP contribution in [0.15, 0.2) is 73.1 Å². The smallest absolute Gasteiger partial charge is 0.254 e. The van der Waals surface area contributed by atoms with Gasteiger partial charge in [-0.1, -0.05) is 42.5 Å². The molecule has 0 spiro atoms. The molecule has 7 nitrogen and oxygen atoms in total. The molecule has 1 saturated heterocycles. The van der Waals surface area contributed by atoms with Crippen molar-refractivity contribution in [3.05, 3.63) is 95.3 Å². The van der Waals surface area contributed by atoms with Crippen molar-refractivity contribution in [1.82, 2.24) is 20.1 Å². The highest BCUT2D eigenvalue weighted by atomic mass is 16.2. The van der Waals surface area contributed by atoms with Gasteiger partial charge in [0.2, 0.25) is 5.91 Å². The van der Waals surface area contributed by atoms with Gasteiger partial charge in [0, 0.05) is 63.4 Å². The van der Waals surface area contributed by atoms with Crippen LogP contribution in [-0.2, 0) is 17.9 Å². The van der Waals surface area contributed by atoms with Crippen LogP contribution in [0.1, 0.15) is 27.0 Å². The molecule has 4 rings (SSSR count). The van der Waals surface area contributed by atoms with Crippen molar-refractivity contribution in [3.63, 3.8) is 0 Å². The van der Waals surface area contributed by atoms with Crippen molar-refractivity contribution in [2.24, 2.45) is 0 Å². The maximum absolute atomic E-state index is 13.4. The zero-order chi connectivity index (χ0) is 23.9. The molecular weight excluding hydrogens is 426 g/mol. The molecule has 3 aromatic rings. The minimum Gasteiger partial charge on any atom is -0.381 e. The molecule has 0 radical (unpaired) electrons. The van der Waals surface area contributed by atoms with E-state index in [-0.39, 0.29) is 11.8 Å². The molecule has 176 valence electrons. The van der Waals surface area contributed by atoms with Crippen LogP contribution in [0.25, 0.3) is 0 Å². The number of piperazine rings is 1. The van der Waals surface area contributed by atoms with Crippen LogP contribution in [0, 0.1) is 6.92 Å². The van der Waals surface area contributed by atoms with Crippen molar-refractivity contribution in [3.8, 4) is 0 Å². The minimum atomic E-state index is -0.392. The van der Waals surface area contributed by atoms with E-state index in [0.717, 1.165) is 22.4 Å². The fourth-order valence-corrected chi connectivity index (χ4v) is 4.26. The average molecular weight is 458 g/mol. The number of aromatic nitrogens is 1. The number of nitrogens with one attached hydrogen (secondary N) is 2. The summed E-state index contributed by atoms with van der Waals surface area (Å²) in [7, 11) is 1.64. The number of anilines is 1. The van der Waals surface area contributed by atoms with Gasteiger partial charge in [0.15, 0.2) is 0 Å². The van der Waals surface area contributed by atoms with E-state index in [9.17, 15) is 9.59 Å². The molecule has 0 bridgehead atoms. The summed E-state index contributed by atoms with van der Waals surface area (Å²) in [6, 6.07) is 19.4. The lowest BCUT2D eigenvalue weighted by Gasteiger charge is -2.40. The van der Waals surface area contributed by atoms with Gasteiger partial charge < -0.3 is 15.5 Å². The minimum absolute atomic E-state index is 0.0577. The molecule has 1 aliphatic rings. The van der Waals surface area contributed by atoms with Gasteiger partial charge in [-0.15, -0.1) is 0 Å². The highest BCUT2D eigenvalue weighted by Crippen LogP contribution is 2.21. The second-order valence-corrected chi connectivity index (χ2v) is 8.58. The van der Waals surface area contributed by atoms with Gasteiger partial charge in [0.05, 0.1) is 0 Å². The Morgan fingerprint density at radius 1 is 1.03 bits per heavy atom. The zero-order valence-corrected chi connectivity index (χ0v) is 19.7. The molecule has 0 aliphatic carbocycles. The summed E-state index contributed by atoms with van der Waals surface area (Å²) in [6.45, 7) is 4.89. The lowest BCUT2D eigenvalue weighted by Crippen LogP contribution is -2.59. The molecule has 34 heavy (non-hydrogen) atoms. The first-order valence-corrected chi connectivity index (χ1v) is 11.6. The van der Waals surface area contributed by atoms with Crippen LogP contribution in [0.5, 0.6) is 0 Å². The Morgan fingerprint density at radius 2 is 1.82 bits per heavy atom. The van der Waals surface area contributed by atoms with Gasteiger partial charge in [0.25, 0.3) is 5.91 Å². The maximum atomic E-state index is 13.4. The first-order chi connectivity index (χ1) is 16.5. The summed E-state index contributed by atoms with van der Waals surface area (Å²) in [5.74, 6) is -0.131. The number of amides is 2. The number of hydrogen-bond donors (Lipinski definition) is 2. The molecule has 2 heterocycles. The monoisotopic (exact) mass is 457 g/mol. The van der Waals surface area contributed by atoms with Gasteiger partial charge in [0.1, 0.15) is 6.04 Å². The Labute approximate surface area is 200 Å². The third-order valence-electron chi connectivity index (χ3n) is 6.25. The largest absolute Gasteiger partial charge is 0.381 e. The van der Waals surface area contributed by atoms with E-state index in [0.29, 0.717) is 38.3 Å². The van der Waals surface area contributed by atoms with Crippen molar-refractivity contribution in [2.75, 3.05) is 32.0 Å². The number of carbonyl (C=O) groups excluding carboxylic acids is 2. The molecule has 1 unspecified atom stereocenters. The first-order valence-electron chi connectivity index (χ1n) is 11.6. The molecule has 2 N–H and O–H groups in total. The third-order valence-corrected chi connectivity index (χ3v) is 6.25. The van der Waals surface area contributed by atoms with E-state index in [2.05, 4.69) is 32.7 Å².